The van der Waals surface area contributed by atoms with Crippen LogP contribution in [0.2, 0.25) is 0 Å². The van der Waals surface area contributed by atoms with Gasteiger partial charge >= 0.3 is 5.97 Å². The molecule has 26 heavy (non-hydrogen) atoms. The van der Waals surface area contributed by atoms with Crippen molar-refractivity contribution in [3.05, 3.63) is 12.2 Å². The fourth-order valence-corrected chi connectivity index (χ4v) is 4.07. The summed E-state index contributed by atoms with van der Waals surface area (Å²) in [5, 5.41) is 12.5. The van der Waals surface area contributed by atoms with Crippen LogP contribution in [-0.2, 0) is 9.53 Å². The highest BCUT2D eigenvalue weighted by molar-refractivity contribution is 7.80. The van der Waals surface area contributed by atoms with Crippen molar-refractivity contribution >= 4 is 23.3 Å². The number of hydrogen-bond acceptors (Lipinski definition) is 4. The van der Waals surface area contributed by atoms with E-state index in [9.17, 15) is 4.79 Å². The van der Waals surface area contributed by atoms with Crippen LogP contribution in [0.25, 0.3) is 0 Å². The van der Waals surface area contributed by atoms with Gasteiger partial charge in [0.1, 0.15) is 0 Å². The number of carbonyl (C=O) groups is 1. The molecule has 0 radical (unpaired) electrons. The second kappa shape index (κ2) is 11.5. The summed E-state index contributed by atoms with van der Waals surface area (Å²) >= 11 is 5.26. The van der Waals surface area contributed by atoms with E-state index in [1.54, 1.807) is 0 Å². The largest absolute Gasteiger partial charge is 0.481 e. The fraction of sp³-hybridized carbons (Fsp3) is 0.789. The molecule has 0 aromatic rings. The van der Waals surface area contributed by atoms with Gasteiger partial charge in [0.15, 0.2) is 5.11 Å². The highest BCUT2D eigenvalue weighted by Crippen LogP contribution is 2.44. The van der Waals surface area contributed by atoms with Gasteiger partial charge in [-0.25, -0.2) is 5.43 Å². The van der Waals surface area contributed by atoms with E-state index in [4.69, 9.17) is 22.1 Å². The molecule has 2 aliphatic heterocycles. The average Bonchev–Trinajstić information content (AvgIpc) is 3.20. The van der Waals surface area contributed by atoms with E-state index in [0.717, 1.165) is 51.6 Å². The maximum absolute atomic E-state index is 10.5. The Morgan fingerprint density at radius 1 is 1.23 bits per heavy atom. The maximum atomic E-state index is 10.5. The first kappa shape index (κ1) is 21.1. The minimum atomic E-state index is -0.722. The summed E-state index contributed by atoms with van der Waals surface area (Å²) in [5.74, 6) is 0.296. The van der Waals surface area contributed by atoms with Crippen LogP contribution in [0.3, 0.4) is 0 Å². The van der Waals surface area contributed by atoms with Gasteiger partial charge < -0.3 is 15.2 Å². The summed E-state index contributed by atoms with van der Waals surface area (Å²) in [6.07, 6.45) is 12.4. The number of carboxylic acids is 1. The number of unbranched alkanes of at least 4 members (excludes halogenated alkanes) is 2. The predicted molar refractivity (Wildman–Crippen MR) is 107 cm³/mol. The quantitative estimate of drug-likeness (QED) is 0.178. The molecule has 2 saturated heterocycles. The molecule has 0 unspecified atom stereocenters. The normalized spacial score (nSPS) is 27.1. The van der Waals surface area contributed by atoms with E-state index >= 15 is 0 Å². The first-order valence-electron chi connectivity index (χ1n) is 9.90. The van der Waals surface area contributed by atoms with E-state index in [-0.39, 0.29) is 6.42 Å². The van der Waals surface area contributed by atoms with Gasteiger partial charge in [-0.05, 0) is 56.7 Å². The Morgan fingerprint density at radius 3 is 2.73 bits per heavy atom. The molecule has 2 fully saturated rings. The smallest absolute Gasteiger partial charge is 0.303 e. The lowest BCUT2D eigenvalue weighted by Crippen LogP contribution is -2.48. The van der Waals surface area contributed by atoms with E-state index < -0.39 is 5.97 Å². The van der Waals surface area contributed by atoms with Crippen LogP contribution in [0.1, 0.15) is 58.3 Å². The topological polar surface area (TPSA) is 82.6 Å². The van der Waals surface area contributed by atoms with Gasteiger partial charge in [0.05, 0.1) is 12.2 Å². The molecule has 0 amide bonds. The molecule has 2 heterocycles. The van der Waals surface area contributed by atoms with Crippen LogP contribution < -0.4 is 16.2 Å². The molecule has 4 N–H and O–H groups in total. The fourth-order valence-electron chi connectivity index (χ4n) is 3.89. The Labute approximate surface area is 162 Å². The zero-order valence-corrected chi connectivity index (χ0v) is 16.5. The Bertz CT molecular complexity index is 487. The lowest BCUT2D eigenvalue weighted by Gasteiger charge is -2.27. The van der Waals surface area contributed by atoms with E-state index in [1.165, 1.54) is 0 Å². The van der Waals surface area contributed by atoms with Crippen molar-refractivity contribution in [2.45, 2.75) is 70.5 Å². The van der Waals surface area contributed by atoms with Gasteiger partial charge in [-0.1, -0.05) is 25.5 Å². The van der Waals surface area contributed by atoms with Crippen LogP contribution in [-0.4, -0.2) is 41.5 Å². The summed E-state index contributed by atoms with van der Waals surface area (Å²) in [7, 11) is 0. The molecular weight excluding hydrogens is 350 g/mol. The molecule has 4 atom stereocenters. The van der Waals surface area contributed by atoms with Gasteiger partial charge in [-0.15, -0.1) is 0 Å². The molecule has 7 heteroatoms. The van der Waals surface area contributed by atoms with E-state index in [2.05, 4.69) is 35.2 Å². The van der Waals surface area contributed by atoms with Gasteiger partial charge in [0.25, 0.3) is 0 Å². The molecule has 0 saturated carbocycles. The number of thiocarbonyl (C=S) groups is 1. The minimum Gasteiger partial charge on any atom is -0.481 e. The number of aliphatic carboxylic acids is 1. The SMILES string of the molecule is CCCCNC(=S)NNC[C@@H]1[C@@H](C/C=C\CCCC(=O)O)[C@H]2CC[C@@H]1O2. The third-order valence-electron chi connectivity index (χ3n) is 5.28. The number of carboxylic acid groups (broad SMARTS) is 1. The number of hydrogen-bond donors (Lipinski definition) is 4. The van der Waals surface area contributed by atoms with Crippen LogP contribution in [0.5, 0.6) is 0 Å². The first-order valence-corrected chi connectivity index (χ1v) is 10.3. The maximum Gasteiger partial charge on any atom is 0.303 e. The van der Waals surface area contributed by atoms with Crippen molar-refractivity contribution in [3.63, 3.8) is 0 Å². The molecule has 0 aromatic heterocycles. The summed E-state index contributed by atoms with van der Waals surface area (Å²) in [5.41, 5.74) is 6.35. The summed E-state index contributed by atoms with van der Waals surface area (Å²) in [4.78, 5) is 10.5. The summed E-state index contributed by atoms with van der Waals surface area (Å²) < 4.78 is 6.12. The molecule has 0 aliphatic carbocycles. The Kier molecular flexibility index (Phi) is 9.36. The second-order valence-corrected chi connectivity index (χ2v) is 7.63. The second-order valence-electron chi connectivity index (χ2n) is 7.23. The number of hydrazine groups is 1. The van der Waals surface area contributed by atoms with Crippen LogP contribution in [0, 0.1) is 11.8 Å². The van der Waals surface area contributed by atoms with Gasteiger partial charge in [0.2, 0.25) is 0 Å². The van der Waals surface area contributed by atoms with Crippen LogP contribution >= 0.6 is 12.2 Å². The molecule has 2 aliphatic rings. The molecule has 2 rings (SSSR count). The summed E-state index contributed by atoms with van der Waals surface area (Å²) in [6, 6.07) is 0. The lowest BCUT2D eigenvalue weighted by molar-refractivity contribution is -0.137. The number of fused-ring (bicyclic) bond motifs is 2. The number of rotatable bonds is 12. The zero-order chi connectivity index (χ0) is 18.8. The Morgan fingerprint density at radius 2 is 2.00 bits per heavy atom. The van der Waals surface area contributed by atoms with Gasteiger partial charge in [0, 0.05) is 25.4 Å². The van der Waals surface area contributed by atoms with Crippen LogP contribution in [0.15, 0.2) is 12.2 Å². The standard InChI is InChI=1S/C19H33N3O3S/c1-2-3-12-20-19(26)22-21-13-15-14(16-10-11-17(15)25-16)8-6-4-5-7-9-18(23)24/h4,6,14-17,21H,2-3,5,7-13H2,1H3,(H,23,24)(H2,20,22,26)/b6-4-/t14-,15-,16-,17+/m1/s1. The van der Waals surface area contributed by atoms with Crippen molar-refractivity contribution < 1.29 is 14.6 Å². The van der Waals surface area contributed by atoms with Crippen molar-refractivity contribution in [2.24, 2.45) is 11.8 Å². The monoisotopic (exact) mass is 383 g/mol. The van der Waals surface area contributed by atoms with Crippen molar-refractivity contribution in [3.8, 4) is 0 Å². The summed E-state index contributed by atoms with van der Waals surface area (Å²) in [6.45, 7) is 3.90. The van der Waals surface area contributed by atoms with Crippen molar-refractivity contribution in [1.82, 2.24) is 16.2 Å². The Hall–Kier alpha value is -1.18. The highest BCUT2D eigenvalue weighted by Gasteiger charge is 2.47. The van der Waals surface area contributed by atoms with Gasteiger partial charge in [-0.3, -0.25) is 10.2 Å². The van der Waals surface area contributed by atoms with Gasteiger partial charge in [-0.2, -0.15) is 0 Å². The lowest BCUT2D eigenvalue weighted by atomic mass is 9.77. The predicted octanol–water partition coefficient (Wildman–Crippen LogP) is 2.75. The van der Waals surface area contributed by atoms with E-state index in [0.29, 0.717) is 35.6 Å². The minimum absolute atomic E-state index is 0.242. The number of allylic oxidation sites excluding steroid dienone is 2. The van der Waals surface area contributed by atoms with Crippen LogP contribution in [0.4, 0.5) is 0 Å². The molecule has 2 bridgehead atoms. The third kappa shape index (κ3) is 6.85. The third-order valence-corrected chi connectivity index (χ3v) is 5.53. The first-order chi connectivity index (χ1) is 12.6. The molecule has 0 spiro atoms. The van der Waals surface area contributed by atoms with Crippen molar-refractivity contribution in [2.75, 3.05) is 13.1 Å². The molecule has 6 nitrogen and oxygen atoms in total. The number of ether oxygens (including phenoxy) is 1. The average molecular weight is 384 g/mol. The molecule has 0 aromatic carbocycles. The van der Waals surface area contributed by atoms with Crippen molar-refractivity contribution in [1.29, 1.82) is 0 Å². The molecule has 148 valence electrons. The Balaban J connectivity index is 1.68. The molecular formula is C19H33N3O3S. The highest BCUT2D eigenvalue weighted by atomic mass is 32.1. The zero-order valence-electron chi connectivity index (χ0n) is 15.7. The number of nitrogens with one attached hydrogen (secondary N) is 3. The van der Waals surface area contributed by atoms with E-state index in [1.807, 2.05) is 0 Å².